The molecule has 0 aromatic heterocycles. The number of benzene rings is 1. The van der Waals surface area contributed by atoms with E-state index < -0.39 is 10.2 Å². The van der Waals surface area contributed by atoms with Crippen molar-refractivity contribution in [1.82, 2.24) is 14.3 Å². The fourth-order valence-corrected chi connectivity index (χ4v) is 3.92. The summed E-state index contributed by atoms with van der Waals surface area (Å²) in [5, 5.41) is 3.09. The van der Waals surface area contributed by atoms with Crippen LogP contribution in [-0.4, -0.2) is 39.4 Å². The Balaban J connectivity index is 1.94. The Labute approximate surface area is 125 Å². The van der Waals surface area contributed by atoms with E-state index in [4.69, 9.17) is 0 Å². The fraction of sp³-hybridized carbons (Fsp3) is 0.571. The van der Waals surface area contributed by atoms with E-state index in [1.54, 1.807) is 12.1 Å². The predicted molar refractivity (Wildman–Crippen MR) is 80.4 cm³/mol. The molecular weight excluding hydrogens is 293 g/mol. The summed E-state index contributed by atoms with van der Waals surface area (Å²) in [5.41, 5.74) is 0.613. The van der Waals surface area contributed by atoms with Gasteiger partial charge in [0.05, 0.1) is 0 Å². The van der Waals surface area contributed by atoms with Crippen LogP contribution in [0.1, 0.15) is 18.4 Å². The SMILES string of the molecule is CNCC1CCCN(S(=O)(=O)NCc2cccc(F)c2)C1. The molecule has 0 bridgehead atoms. The Hall–Kier alpha value is -1.02. The van der Waals surface area contributed by atoms with Crippen LogP contribution in [0.15, 0.2) is 24.3 Å². The molecule has 1 saturated heterocycles. The smallest absolute Gasteiger partial charge is 0.279 e. The summed E-state index contributed by atoms with van der Waals surface area (Å²) in [6.07, 6.45) is 1.91. The lowest BCUT2D eigenvalue weighted by Crippen LogP contribution is -2.47. The van der Waals surface area contributed by atoms with Crippen LogP contribution in [-0.2, 0) is 16.8 Å². The number of piperidine rings is 1. The third-order valence-electron chi connectivity index (χ3n) is 3.66. The van der Waals surface area contributed by atoms with Gasteiger partial charge in [-0.05, 0) is 50.0 Å². The van der Waals surface area contributed by atoms with Gasteiger partial charge in [0.15, 0.2) is 0 Å². The van der Waals surface area contributed by atoms with Gasteiger partial charge in [-0.3, -0.25) is 0 Å². The maximum absolute atomic E-state index is 13.1. The molecule has 2 rings (SSSR count). The number of halogens is 1. The highest BCUT2D eigenvalue weighted by Gasteiger charge is 2.28. The standard InChI is InChI=1S/C14H22FN3O2S/c1-16-9-13-5-3-7-18(11-13)21(19,20)17-10-12-4-2-6-14(15)8-12/h2,4,6,8,13,16-17H,3,5,7,9-11H2,1H3. The Bertz CT molecular complexity index is 563. The molecule has 0 saturated carbocycles. The molecule has 0 radical (unpaired) electrons. The first-order chi connectivity index (χ1) is 10.0. The first kappa shape index (κ1) is 16.4. The molecule has 0 spiro atoms. The van der Waals surface area contributed by atoms with Gasteiger partial charge < -0.3 is 5.32 Å². The number of hydrogen-bond acceptors (Lipinski definition) is 3. The quantitative estimate of drug-likeness (QED) is 0.826. The highest BCUT2D eigenvalue weighted by molar-refractivity contribution is 7.87. The van der Waals surface area contributed by atoms with Crippen molar-refractivity contribution >= 4 is 10.2 Å². The zero-order valence-corrected chi connectivity index (χ0v) is 13.0. The van der Waals surface area contributed by atoms with Gasteiger partial charge in [0.25, 0.3) is 10.2 Å². The molecule has 1 aromatic rings. The van der Waals surface area contributed by atoms with E-state index >= 15 is 0 Å². The van der Waals surface area contributed by atoms with E-state index in [-0.39, 0.29) is 12.4 Å². The van der Waals surface area contributed by atoms with Gasteiger partial charge in [-0.15, -0.1) is 0 Å². The van der Waals surface area contributed by atoms with Gasteiger partial charge in [0, 0.05) is 19.6 Å². The second-order valence-electron chi connectivity index (χ2n) is 5.38. The summed E-state index contributed by atoms with van der Waals surface area (Å²) in [5.74, 6) is -0.0201. The summed E-state index contributed by atoms with van der Waals surface area (Å²) in [4.78, 5) is 0. The summed E-state index contributed by atoms with van der Waals surface area (Å²) >= 11 is 0. The maximum atomic E-state index is 13.1. The largest absolute Gasteiger partial charge is 0.319 e. The van der Waals surface area contributed by atoms with Crippen LogP contribution in [0, 0.1) is 11.7 Å². The van der Waals surface area contributed by atoms with E-state index in [0.717, 1.165) is 19.4 Å². The first-order valence-electron chi connectivity index (χ1n) is 7.15. The van der Waals surface area contributed by atoms with Gasteiger partial charge >= 0.3 is 0 Å². The van der Waals surface area contributed by atoms with Crippen molar-refractivity contribution in [3.8, 4) is 0 Å². The molecule has 0 aliphatic carbocycles. The molecule has 1 fully saturated rings. The van der Waals surface area contributed by atoms with Crippen LogP contribution in [0.2, 0.25) is 0 Å². The second kappa shape index (κ2) is 7.31. The summed E-state index contributed by atoms with van der Waals surface area (Å²) in [6.45, 7) is 1.99. The van der Waals surface area contributed by atoms with Crippen molar-refractivity contribution in [2.24, 2.45) is 5.92 Å². The van der Waals surface area contributed by atoms with Gasteiger partial charge in [-0.2, -0.15) is 17.4 Å². The number of rotatable bonds is 6. The summed E-state index contributed by atoms with van der Waals surface area (Å²) in [6, 6.07) is 5.95. The zero-order valence-electron chi connectivity index (χ0n) is 12.2. The van der Waals surface area contributed by atoms with E-state index in [2.05, 4.69) is 10.0 Å². The van der Waals surface area contributed by atoms with Crippen LogP contribution in [0.3, 0.4) is 0 Å². The first-order valence-corrected chi connectivity index (χ1v) is 8.59. The molecule has 1 aromatic carbocycles. The third kappa shape index (κ3) is 4.74. The minimum absolute atomic E-state index is 0.104. The van der Waals surface area contributed by atoms with Crippen LogP contribution in [0.4, 0.5) is 4.39 Å². The van der Waals surface area contributed by atoms with Crippen molar-refractivity contribution in [3.63, 3.8) is 0 Å². The molecule has 1 aliphatic heterocycles. The lowest BCUT2D eigenvalue weighted by Gasteiger charge is -2.31. The fourth-order valence-electron chi connectivity index (χ4n) is 2.61. The monoisotopic (exact) mass is 315 g/mol. The number of nitrogens with zero attached hydrogens (tertiary/aromatic N) is 1. The van der Waals surface area contributed by atoms with Crippen molar-refractivity contribution in [2.75, 3.05) is 26.7 Å². The maximum Gasteiger partial charge on any atom is 0.279 e. The topological polar surface area (TPSA) is 61.4 Å². The predicted octanol–water partition coefficient (Wildman–Crippen LogP) is 1.09. The Morgan fingerprint density at radius 3 is 2.95 bits per heavy atom. The molecule has 21 heavy (non-hydrogen) atoms. The zero-order chi connectivity index (χ0) is 15.3. The molecule has 1 unspecified atom stereocenters. The van der Waals surface area contributed by atoms with Crippen molar-refractivity contribution in [3.05, 3.63) is 35.6 Å². The lowest BCUT2D eigenvalue weighted by atomic mass is 10.00. The average molecular weight is 315 g/mol. The molecule has 5 nitrogen and oxygen atoms in total. The molecule has 0 amide bonds. The molecule has 1 atom stereocenters. The van der Waals surface area contributed by atoms with E-state index in [9.17, 15) is 12.8 Å². The van der Waals surface area contributed by atoms with Gasteiger partial charge in [-0.1, -0.05) is 12.1 Å². The highest BCUT2D eigenvalue weighted by atomic mass is 32.2. The number of nitrogens with one attached hydrogen (secondary N) is 2. The molecule has 118 valence electrons. The van der Waals surface area contributed by atoms with E-state index in [0.29, 0.717) is 24.6 Å². The minimum Gasteiger partial charge on any atom is -0.319 e. The van der Waals surface area contributed by atoms with E-state index in [1.165, 1.54) is 16.4 Å². The van der Waals surface area contributed by atoms with Crippen LogP contribution in [0.25, 0.3) is 0 Å². The van der Waals surface area contributed by atoms with Crippen molar-refractivity contribution < 1.29 is 12.8 Å². The van der Waals surface area contributed by atoms with Gasteiger partial charge in [-0.25, -0.2) is 4.39 Å². The average Bonchev–Trinajstić information content (AvgIpc) is 2.46. The minimum atomic E-state index is -3.51. The lowest BCUT2D eigenvalue weighted by molar-refractivity contribution is 0.261. The summed E-state index contributed by atoms with van der Waals surface area (Å²) < 4.78 is 41.7. The number of hydrogen-bond donors (Lipinski definition) is 2. The normalized spacial score (nSPS) is 20.6. The van der Waals surface area contributed by atoms with Crippen LogP contribution >= 0.6 is 0 Å². The molecule has 2 N–H and O–H groups in total. The Kier molecular flexibility index (Phi) is 5.69. The molecular formula is C14H22FN3O2S. The second-order valence-corrected chi connectivity index (χ2v) is 7.14. The summed E-state index contributed by atoms with van der Waals surface area (Å²) in [7, 11) is -1.64. The van der Waals surface area contributed by atoms with Crippen LogP contribution < -0.4 is 10.0 Å². The van der Waals surface area contributed by atoms with Crippen molar-refractivity contribution in [1.29, 1.82) is 0 Å². The highest BCUT2D eigenvalue weighted by Crippen LogP contribution is 2.18. The molecule has 1 heterocycles. The Morgan fingerprint density at radius 2 is 2.24 bits per heavy atom. The molecule has 7 heteroatoms. The Morgan fingerprint density at radius 1 is 1.43 bits per heavy atom. The molecule has 1 aliphatic rings. The van der Waals surface area contributed by atoms with Gasteiger partial charge in [0.2, 0.25) is 0 Å². The van der Waals surface area contributed by atoms with Crippen molar-refractivity contribution in [2.45, 2.75) is 19.4 Å². The third-order valence-corrected chi connectivity index (χ3v) is 5.18. The van der Waals surface area contributed by atoms with Gasteiger partial charge in [0.1, 0.15) is 5.82 Å². The van der Waals surface area contributed by atoms with E-state index in [1.807, 2.05) is 7.05 Å². The van der Waals surface area contributed by atoms with Crippen LogP contribution in [0.5, 0.6) is 0 Å².